The molecule has 1 aliphatic heterocycles. The highest BCUT2D eigenvalue weighted by molar-refractivity contribution is 5.96. The third-order valence-electron chi connectivity index (χ3n) is 7.25. The first kappa shape index (κ1) is 28.9. The van der Waals surface area contributed by atoms with Gasteiger partial charge in [0.2, 0.25) is 0 Å². The first-order valence-electron chi connectivity index (χ1n) is 13.8. The van der Waals surface area contributed by atoms with Gasteiger partial charge in [0, 0.05) is 34.6 Å². The standard InChI is InChI=1S/C32H29N3O9/c1-40-31-28(43-30(38)24-16-19-10-6-8-14-22(19)35-24)27(42-29(37)23-15-18-9-5-7-13-21(18)34-23)26(25(17-36)41-31)44-32(39)33-20-11-3-2-4-12-20/h2-16,25-28,31,34-36H,17H2,1H3,(H,33,39)/t25-,26-,27+,28+,31+/m1/s1. The molecule has 12 nitrogen and oxygen atoms in total. The highest BCUT2D eigenvalue weighted by atomic mass is 16.7. The Kier molecular flexibility index (Phi) is 8.28. The summed E-state index contributed by atoms with van der Waals surface area (Å²) in [4.78, 5) is 45.9. The zero-order chi connectivity index (χ0) is 30.6. The van der Waals surface area contributed by atoms with Crippen LogP contribution in [0.25, 0.3) is 21.8 Å². The second-order valence-electron chi connectivity index (χ2n) is 10.1. The summed E-state index contributed by atoms with van der Waals surface area (Å²) in [6.45, 7) is -0.633. The summed E-state index contributed by atoms with van der Waals surface area (Å²) in [5.41, 5.74) is 2.10. The number of fused-ring (bicyclic) bond motifs is 2. The number of methoxy groups -OCH3 is 1. The molecular formula is C32H29N3O9. The minimum atomic E-state index is -1.46. The van der Waals surface area contributed by atoms with Crippen LogP contribution in [-0.2, 0) is 23.7 Å². The predicted molar refractivity (Wildman–Crippen MR) is 158 cm³/mol. The molecular weight excluding hydrogens is 570 g/mol. The molecule has 44 heavy (non-hydrogen) atoms. The van der Waals surface area contributed by atoms with Crippen molar-refractivity contribution in [3.63, 3.8) is 0 Å². The van der Waals surface area contributed by atoms with Gasteiger partial charge in [-0.3, -0.25) is 5.32 Å². The van der Waals surface area contributed by atoms with Crippen LogP contribution in [0.4, 0.5) is 10.5 Å². The number of carbonyl (C=O) groups is 3. The summed E-state index contributed by atoms with van der Waals surface area (Å²) >= 11 is 0. The highest BCUT2D eigenvalue weighted by Gasteiger charge is 2.53. The zero-order valence-electron chi connectivity index (χ0n) is 23.5. The second kappa shape index (κ2) is 12.6. The molecule has 1 fully saturated rings. The molecule has 1 saturated heterocycles. The fourth-order valence-corrected chi connectivity index (χ4v) is 5.15. The van der Waals surface area contributed by atoms with Gasteiger partial charge in [-0.2, -0.15) is 0 Å². The molecule has 0 spiro atoms. The average molecular weight is 600 g/mol. The van der Waals surface area contributed by atoms with E-state index in [1.807, 2.05) is 36.4 Å². The van der Waals surface area contributed by atoms with E-state index < -0.39 is 55.3 Å². The number of aromatic nitrogens is 2. The summed E-state index contributed by atoms with van der Waals surface area (Å²) < 4.78 is 28.8. The van der Waals surface area contributed by atoms with Gasteiger partial charge in [0.1, 0.15) is 17.5 Å². The Labute approximate surface area is 250 Å². The Morgan fingerprint density at radius 1 is 0.750 bits per heavy atom. The third kappa shape index (κ3) is 5.99. The monoisotopic (exact) mass is 599 g/mol. The maximum absolute atomic E-state index is 13.5. The van der Waals surface area contributed by atoms with E-state index in [1.165, 1.54) is 7.11 Å². The Balaban J connectivity index is 1.32. The van der Waals surface area contributed by atoms with Gasteiger partial charge in [-0.15, -0.1) is 0 Å². The molecule has 1 amide bonds. The molecule has 12 heteroatoms. The van der Waals surface area contributed by atoms with Gasteiger partial charge in [0.05, 0.1) is 6.61 Å². The van der Waals surface area contributed by atoms with E-state index >= 15 is 0 Å². The lowest BCUT2D eigenvalue weighted by atomic mass is 9.98. The largest absolute Gasteiger partial charge is 0.449 e. The van der Waals surface area contributed by atoms with Crippen molar-refractivity contribution in [2.24, 2.45) is 0 Å². The molecule has 0 bridgehead atoms. The summed E-state index contributed by atoms with van der Waals surface area (Å²) in [6, 6.07) is 26.3. The third-order valence-corrected chi connectivity index (χ3v) is 7.25. The van der Waals surface area contributed by atoms with Gasteiger partial charge >= 0.3 is 18.0 Å². The number of H-pyrrole nitrogens is 2. The number of aliphatic hydroxyl groups excluding tert-OH is 1. The molecule has 3 heterocycles. The van der Waals surface area contributed by atoms with Crippen LogP contribution in [0.2, 0.25) is 0 Å². The Morgan fingerprint density at radius 2 is 1.30 bits per heavy atom. The number of anilines is 1. The molecule has 0 unspecified atom stereocenters. The van der Waals surface area contributed by atoms with Gasteiger partial charge in [0.15, 0.2) is 24.6 Å². The molecule has 5 aromatic rings. The summed E-state index contributed by atoms with van der Waals surface area (Å²) in [5, 5.41) is 14.4. The fourth-order valence-electron chi connectivity index (χ4n) is 5.15. The number of amides is 1. The number of aliphatic hydroxyl groups is 1. The van der Waals surface area contributed by atoms with E-state index in [2.05, 4.69) is 15.3 Å². The van der Waals surface area contributed by atoms with Gasteiger partial charge in [-0.25, -0.2) is 14.4 Å². The van der Waals surface area contributed by atoms with Crippen molar-refractivity contribution in [1.29, 1.82) is 0 Å². The van der Waals surface area contributed by atoms with Crippen molar-refractivity contribution in [1.82, 2.24) is 9.97 Å². The van der Waals surface area contributed by atoms with Gasteiger partial charge in [0.25, 0.3) is 0 Å². The van der Waals surface area contributed by atoms with E-state index in [1.54, 1.807) is 54.6 Å². The van der Waals surface area contributed by atoms with Gasteiger partial charge in [-0.05, 0) is 36.4 Å². The number of hydrogen-bond acceptors (Lipinski definition) is 9. The number of benzene rings is 3. The fraction of sp³-hybridized carbons (Fsp3) is 0.219. The lowest BCUT2D eigenvalue weighted by Crippen LogP contribution is -2.63. The quantitative estimate of drug-likeness (QED) is 0.150. The normalized spacial score (nSPS) is 21.5. The van der Waals surface area contributed by atoms with Gasteiger partial charge < -0.3 is 38.8 Å². The van der Waals surface area contributed by atoms with Crippen LogP contribution < -0.4 is 5.32 Å². The Bertz CT molecular complexity index is 1720. The minimum absolute atomic E-state index is 0.111. The SMILES string of the molecule is CO[C@H]1O[C@H](CO)[C@@H](OC(=O)Nc2ccccc2)[C@H](OC(=O)c2cc3ccccc3[nH]2)[C@@H]1OC(=O)c1cc2ccccc2[nH]1. The van der Waals surface area contributed by atoms with E-state index in [4.69, 9.17) is 23.7 Å². The van der Waals surface area contributed by atoms with Gasteiger partial charge in [-0.1, -0.05) is 54.6 Å². The number of aromatic amines is 2. The number of esters is 2. The lowest BCUT2D eigenvalue weighted by Gasteiger charge is -2.43. The topological polar surface area (TPSA) is 161 Å². The molecule has 3 aromatic carbocycles. The number of hydrogen-bond donors (Lipinski definition) is 4. The summed E-state index contributed by atoms with van der Waals surface area (Å²) in [5.74, 6) is -1.61. The first-order chi connectivity index (χ1) is 21.4. The molecule has 0 radical (unpaired) electrons. The summed E-state index contributed by atoms with van der Waals surface area (Å²) in [7, 11) is 1.31. The second-order valence-corrected chi connectivity index (χ2v) is 10.1. The van der Waals surface area contributed by atoms with Crippen molar-refractivity contribution in [2.75, 3.05) is 19.0 Å². The van der Waals surface area contributed by atoms with E-state index in [-0.39, 0.29) is 11.4 Å². The molecule has 6 rings (SSSR count). The Hall–Kier alpha value is -5.17. The molecule has 1 aliphatic rings. The van der Waals surface area contributed by atoms with Crippen LogP contribution in [0.3, 0.4) is 0 Å². The molecule has 2 aromatic heterocycles. The smallest absolute Gasteiger partial charge is 0.412 e. The van der Waals surface area contributed by atoms with Crippen molar-refractivity contribution in [3.05, 3.63) is 102 Å². The van der Waals surface area contributed by atoms with Crippen LogP contribution in [0.1, 0.15) is 21.0 Å². The van der Waals surface area contributed by atoms with E-state index in [0.29, 0.717) is 16.7 Å². The minimum Gasteiger partial charge on any atom is -0.449 e. The Morgan fingerprint density at radius 3 is 1.84 bits per heavy atom. The molecule has 5 atom stereocenters. The number of carbonyl (C=O) groups excluding carboxylic acids is 3. The van der Waals surface area contributed by atoms with Crippen molar-refractivity contribution in [3.8, 4) is 0 Å². The molecule has 0 saturated carbocycles. The van der Waals surface area contributed by atoms with E-state index in [0.717, 1.165) is 10.8 Å². The van der Waals surface area contributed by atoms with Crippen LogP contribution in [0.5, 0.6) is 0 Å². The molecule has 0 aliphatic carbocycles. The zero-order valence-corrected chi connectivity index (χ0v) is 23.5. The van der Waals surface area contributed by atoms with Crippen molar-refractivity contribution < 1.29 is 43.2 Å². The highest BCUT2D eigenvalue weighted by Crippen LogP contribution is 2.31. The maximum Gasteiger partial charge on any atom is 0.412 e. The number of para-hydroxylation sites is 3. The maximum atomic E-state index is 13.5. The molecule has 4 N–H and O–H groups in total. The van der Waals surface area contributed by atoms with Crippen LogP contribution in [-0.4, -0.2) is 77.5 Å². The average Bonchev–Trinajstić information content (AvgIpc) is 3.68. The van der Waals surface area contributed by atoms with Crippen molar-refractivity contribution >= 4 is 45.5 Å². The predicted octanol–water partition coefficient (Wildman–Crippen LogP) is 4.38. The van der Waals surface area contributed by atoms with Crippen LogP contribution >= 0.6 is 0 Å². The van der Waals surface area contributed by atoms with Crippen molar-refractivity contribution in [2.45, 2.75) is 30.7 Å². The van der Waals surface area contributed by atoms with Crippen LogP contribution in [0, 0.1) is 0 Å². The number of rotatable bonds is 8. The van der Waals surface area contributed by atoms with Crippen LogP contribution in [0.15, 0.2) is 91.0 Å². The van der Waals surface area contributed by atoms with E-state index in [9.17, 15) is 19.5 Å². The first-order valence-corrected chi connectivity index (χ1v) is 13.8. The lowest BCUT2D eigenvalue weighted by molar-refractivity contribution is -0.291. The number of nitrogens with one attached hydrogen (secondary N) is 3. The molecule has 226 valence electrons. The number of ether oxygens (including phenoxy) is 5. The summed E-state index contributed by atoms with van der Waals surface area (Å²) in [6.07, 6.45) is -7.69.